The number of nitrogens with one attached hydrogen (secondary N) is 1. The Morgan fingerprint density at radius 1 is 1.24 bits per heavy atom. The van der Waals surface area contributed by atoms with E-state index in [1.165, 1.54) is 16.2 Å². The molecule has 1 aromatic heterocycles. The fourth-order valence-corrected chi connectivity index (χ4v) is 3.63. The molecule has 1 aliphatic rings. The SMILES string of the molecule is COCc1cc(=O)n(CC(=O)NC(C)CCc2ccccc2)c(N2CCCC2)n1. The molecule has 29 heavy (non-hydrogen) atoms. The Morgan fingerprint density at radius 2 is 1.97 bits per heavy atom. The zero-order valence-electron chi connectivity index (χ0n) is 17.3. The molecule has 7 heteroatoms. The summed E-state index contributed by atoms with van der Waals surface area (Å²) in [6, 6.07) is 11.7. The van der Waals surface area contributed by atoms with Crippen molar-refractivity contribution in [1.82, 2.24) is 14.9 Å². The molecule has 1 aliphatic heterocycles. The second kappa shape index (κ2) is 10.2. The number of aromatic nitrogens is 2. The van der Waals surface area contributed by atoms with Crippen molar-refractivity contribution in [2.75, 3.05) is 25.1 Å². The molecule has 1 atom stereocenters. The van der Waals surface area contributed by atoms with Crippen molar-refractivity contribution >= 4 is 11.9 Å². The van der Waals surface area contributed by atoms with Crippen LogP contribution in [-0.4, -0.2) is 41.7 Å². The van der Waals surface area contributed by atoms with Crippen molar-refractivity contribution in [2.24, 2.45) is 0 Å². The van der Waals surface area contributed by atoms with Gasteiger partial charge in [0.2, 0.25) is 11.9 Å². The fourth-order valence-electron chi connectivity index (χ4n) is 3.63. The van der Waals surface area contributed by atoms with Crippen LogP contribution < -0.4 is 15.8 Å². The van der Waals surface area contributed by atoms with Crippen LogP contribution in [0, 0.1) is 0 Å². The summed E-state index contributed by atoms with van der Waals surface area (Å²) in [5.41, 5.74) is 1.62. The van der Waals surface area contributed by atoms with Gasteiger partial charge in [0, 0.05) is 32.3 Å². The van der Waals surface area contributed by atoms with Crippen molar-refractivity contribution < 1.29 is 9.53 Å². The molecule has 156 valence electrons. The third-order valence-electron chi connectivity index (χ3n) is 5.14. The van der Waals surface area contributed by atoms with Gasteiger partial charge in [-0.2, -0.15) is 0 Å². The average Bonchev–Trinajstić information content (AvgIpc) is 3.24. The number of rotatable bonds is 9. The Morgan fingerprint density at radius 3 is 2.66 bits per heavy atom. The maximum absolute atomic E-state index is 12.7. The van der Waals surface area contributed by atoms with E-state index in [0.717, 1.165) is 38.8 Å². The molecular weight excluding hydrogens is 368 g/mol. The number of hydrogen-bond donors (Lipinski definition) is 1. The molecule has 1 unspecified atom stereocenters. The number of aryl methyl sites for hydroxylation is 1. The quantitative estimate of drug-likeness (QED) is 0.700. The Kier molecular flexibility index (Phi) is 7.41. The minimum absolute atomic E-state index is 0.0226. The molecular formula is C22H30N4O3. The number of carbonyl (C=O) groups is 1. The number of anilines is 1. The van der Waals surface area contributed by atoms with E-state index < -0.39 is 0 Å². The number of benzene rings is 1. The van der Waals surface area contributed by atoms with E-state index in [9.17, 15) is 9.59 Å². The lowest BCUT2D eigenvalue weighted by Crippen LogP contribution is -2.40. The van der Waals surface area contributed by atoms with E-state index in [1.807, 2.05) is 25.1 Å². The molecule has 1 saturated heterocycles. The number of hydrogen-bond acceptors (Lipinski definition) is 5. The predicted octanol–water partition coefficient (Wildman–Crippen LogP) is 2.13. The molecule has 0 saturated carbocycles. The Labute approximate surface area is 171 Å². The van der Waals surface area contributed by atoms with Crippen LogP contribution in [0.5, 0.6) is 0 Å². The third-order valence-corrected chi connectivity index (χ3v) is 5.14. The van der Waals surface area contributed by atoms with Gasteiger partial charge < -0.3 is 15.0 Å². The highest BCUT2D eigenvalue weighted by atomic mass is 16.5. The standard InChI is InChI=1S/C22H30N4O3/c1-17(10-11-18-8-4-3-5-9-18)23-20(27)15-26-21(28)14-19(16-29-2)24-22(26)25-12-6-7-13-25/h3-5,8-9,14,17H,6-7,10-13,15-16H2,1-2H3,(H,23,27). The van der Waals surface area contributed by atoms with Crippen molar-refractivity contribution in [1.29, 1.82) is 0 Å². The summed E-state index contributed by atoms with van der Waals surface area (Å²) in [4.78, 5) is 32.0. The first-order valence-electron chi connectivity index (χ1n) is 10.2. The van der Waals surface area contributed by atoms with E-state index >= 15 is 0 Å². The van der Waals surface area contributed by atoms with Crippen molar-refractivity contribution in [2.45, 2.75) is 51.8 Å². The van der Waals surface area contributed by atoms with E-state index in [2.05, 4.69) is 27.3 Å². The molecule has 1 amide bonds. The second-order valence-corrected chi connectivity index (χ2v) is 7.59. The van der Waals surface area contributed by atoms with Crippen LogP contribution in [0.25, 0.3) is 0 Å². The van der Waals surface area contributed by atoms with Gasteiger partial charge >= 0.3 is 0 Å². The first-order chi connectivity index (χ1) is 14.1. The summed E-state index contributed by atoms with van der Waals surface area (Å²) < 4.78 is 6.60. The predicted molar refractivity (Wildman–Crippen MR) is 113 cm³/mol. The number of methoxy groups -OCH3 is 1. The zero-order chi connectivity index (χ0) is 20.6. The van der Waals surface area contributed by atoms with Gasteiger partial charge in [0.25, 0.3) is 5.56 Å². The van der Waals surface area contributed by atoms with E-state index in [1.54, 1.807) is 7.11 Å². The Balaban J connectivity index is 1.66. The first-order valence-corrected chi connectivity index (χ1v) is 10.2. The lowest BCUT2D eigenvalue weighted by atomic mass is 10.1. The topological polar surface area (TPSA) is 76.5 Å². The average molecular weight is 399 g/mol. The summed E-state index contributed by atoms with van der Waals surface area (Å²) >= 11 is 0. The minimum Gasteiger partial charge on any atom is -0.378 e. The smallest absolute Gasteiger partial charge is 0.255 e. The van der Waals surface area contributed by atoms with Gasteiger partial charge in [-0.1, -0.05) is 30.3 Å². The lowest BCUT2D eigenvalue weighted by Gasteiger charge is -2.22. The van der Waals surface area contributed by atoms with Gasteiger partial charge in [-0.3, -0.25) is 14.2 Å². The van der Waals surface area contributed by atoms with Crippen LogP contribution in [0.4, 0.5) is 5.95 Å². The molecule has 0 radical (unpaired) electrons. The highest BCUT2D eigenvalue weighted by molar-refractivity contribution is 5.76. The third kappa shape index (κ3) is 5.90. The molecule has 3 rings (SSSR count). The summed E-state index contributed by atoms with van der Waals surface area (Å²) in [5, 5.41) is 3.01. The van der Waals surface area contributed by atoms with Crippen LogP contribution in [0.15, 0.2) is 41.2 Å². The maximum Gasteiger partial charge on any atom is 0.255 e. The van der Waals surface area contributed by atoms with Crippen LogP contribution in [-0.2, 0) is 29.1 Å². The summed E-state index contributed by atoms with van der Waals surface area (Å²) in [6.45, 7) is 3.93. The van der Waals surface area contributed by atoms with E-state index in [-0.39, 0.29) is 30.7 Å². The highest BCUT2D eigenvalue weighted by Crippen LogP contribution is 2.17. The van der Waals surface area contributed by atoms with Gasteiger partial charge in [-0.15, -0.1) is 0 Å². The maximum atomic E-state index is 12.7. The van der Waals surface area contributed by atoms with Crippen LogP contribution in [0.1, 0.15) is 37.4 Å². The summed E-state index contributed by atoms with van der Waals surface area (Å²) in [6.07, 6.45) is 3.86. The molecule has 2 aromatic rings. The summed E-state index contributed by atoms with van der Waals surface area (Å²) in [5.74, 6) is 0.392. The number of carbonyl (C=O) groups excluding carboxylic acids is 1. The first kappa shape index (κ1) is 21.0. The normalized spacial score (nSPS) is 14.8. The minimum atomic E-state index is -0.221. The monoisotopic (exact) mass is 398 g/mol. The van der Waals surface area contributed by atoms with Crippen LogP contribution in [0.2, 0.25) is 0 Å². The van der Waals surface area contributed by atoms with Gasteiger partial charge in [-0.25, -0.2) is 4.98 Å². The zero-order valence-corrected chi connectivity index (χ0v) is 17.3. The number of nitrogens with zero attached hydrogens (tertiary/aromatic N) is 3. The number of ether oxygens (including phenoxy) is 1. The van der Waals surface area contributed by atoms with E-state index in [4.69, 9.17) is 4.74 Å². The van der Waals surface area contributed by atoms with Gasteiger partial charge in [-0.05, 0) is 38.2 Å². The molecule has 0 spiro atoms. The Hall–Kier alpha value is -2.67. The number of amides is 1. The van der Waals surface area contributed by atoms with Gasteiger partial charge in [0.1, 0.15) is 6.54 Å². The van der Waals surface area contributed by atoms with Gasteiger partial charge in [0.15, 0.2) is 0 Å². The van der Waals surface area contributed by atoms with Crippen molar-refractivity contribution in [3.8, 4) is 0 Å². The van der Waals surface area contributed by atoms with E-state index in [0.29, 0.717) is 11.6 Å². The molecule has 1 fully saturated rings. The summed E-state index contributed by atoms with van der Waals surface area (Å²) in [7, 11) is 1.58. The molecule has 0 aliphatic carbocycles. The lowest BCUT2D eigenvalue weighted by molar-refractivity contribution is -0.122. The molecule has 0 bridgehead atoms. The Bertz CT molecular complexity index is 860. The molecule has 2 heterocycles. The largest absolute Gasteiger partial charge is 0.378 e. The second-order valence-electron chi connectivity index (χ2n) is 7.59. The van der Waals surface area contributed by atoms with Gasteiger partial charge in [0.05, 0.1) is 12.3 Å². The van der Waals surface area contributed by atoms with Crippen LogP contribution >= 0.6 is 0 Å². The molecule has 1 N–H and O–H groups in total. The molecule has 1 aromatic carbocycles. The highest BCUT2D eigenvalue weighted by Gasteiger charge is 2.21. The van der Waals surface area contributed by atoms with Crippen molar-refractivity contribution in [3.63, 3.8) is 0 Å². The van der Waals surface area contributed by atoms with Crippen molar-refractivity contribution in [3.05, 3.63) is 58.0 Å². The molecule has 7 nitrogen and oxygen atoms in total. The van der Waals surface area contributed by atoms with Crippen LogP contribution in [0.3, 0.4) is 0 Å². The fraction of sp³-hybridized carbons (Fsp3) is 0.500.